The number of ether oxygens (including phenoxy) is 1. The molecule has 0 amide bonds. The standard InChI is InChI=1S/C23H28FN5O/c1-26-23(27-15-19-6-5-17(14-25)13-21(19)24)28-16-22(29-11-3-4-12-29)18-7-9-20(30-2)10-8-18/h5-10,13,22H,3-4,11-12,15-16H2,1-2H3,(H2,26,27,28). The highest BCUT2D eigenvalue weighted by Crippen LogP contribution is 2.26. The third-order valence-electron chi connectivity index (χ3n) is 5.40. The molecule has 1 saturated heterocycles. The molecule has 2 N–H and O–H groups in total. The van der Waals surface area contributed by atoms with Gasteiger partial charge in [0.15, 0.2) is 5.96 Å². The van der Waals surface area contributed by atoms with Crippen LogP contribution in [0.2, 0.25) is 0 Å². The lowest BCUT2D eigenvalue weighted by Crippen LogP contribution is -2.42. The number of halogens is 1. The molecule has 0 saturated carbocycles. The molecule has 3 rings (SSSR count). The summed E-state index contributed by atoms with van der Waals surface area (Å²) in [6, 6.07) is 14.8. The van der Waals surface area contributed by atoms with E-state index in [4.69, 9.17) is 10.00 Å². The van der Waals surface area contributed by atoms with Crippen molar-refractivity contribution in [1.29, 1.82) is 5.26 Å². The Morgan fingerprint density at radius 3 is 2.53 bits per heavy atom. The molecule has 0 aliphatic carbocycles. The Labute approximate surface area is 177 Å². The van der Waals surface area contributed by atoms with Gasteiger partial charge >= 0.3 is 0 Å². The molecule has 1 unspecified atom stereocenters. The maximum atomic E-state index is 14.1. The summed E-state index contributed by atoms with van der Waals surface area (Å²) in [5, 5.41) is 15.4. The molecule has 158 valence electrons. The second-order valence-corrected chi connectivity index (χ2v) is 7.26. The van der Waals surface area contributed by atoms with Crippen molar-refractivity contribution in [1.82, 2.24) is 15.5 Å². The molecular weight excluding hydrogens is 381 g/mol. The van der Waals surface area contributed by atoms with Crippen molar-refractivity contribution in [3.8, 4) is 11.8 Å². The smallest absolute Gasteiger partial charge is 0.191 e. The molecule has 30 heavy (non-hydrogen) atoms. The Morgan fingerprint density at radius 2 is 1.93 bits per heavy atom. The Balaban J connectivity index is 1.63. The van der Waals surface area contributed by atoms with Crippen molar-refractivity contribution in [3.63, 3.8) is 0 Å². The number of likely N-dealkylation sites (tertiary alicyclic amines) is 1. The number of benzene rings is 2. The zero-order chi connectivity index (χ0) is 21.3. The molecule has 1 heterocycles. The van der Waals surface area contributed by atoms with E-state index >= 15 is 0 Å². The number of hydrogen-bond donors (Lipinski definition) is 2. The summed E-state index contributed by atoms with van der Waals surface area (Å²) in [6.45, 7) is 3.11. The van der Waals surface area contributed by atoms with Gasteiger partial charge in [0.25, 0.3) is 0 Å². The monoisotopic (exact) mass is 409 g/mol. The third-order valence-corrected chi connectivity index (χ3v) is 5.40. The first-order chi connectivity index (χ1) is 14.6. The van der Waals surface area contributed by atoms with Crippen molar-refractivity contribution in [3.05, 3.63) is 65.0 Å². The van der Waals surface area contributed by atoms with Gasteiger partial charge in [0.2, 0.25) is 0 Å². The normalized spacial score (nSPS) is 15.5. The zero-order valence-corrected chi connectivity index (χ0v) is 17.5. The van der Waals surface area contributed by atoms with Crippen molar-refractivity contribution in [2.24, 2.45) is 4.99 Å². The number of nitriles is 1. The molecule has 2 aromatic carbocycles. The predicted octanol–water partition coefficient (Wildman–Crippen LogP) is 3.21. The van der Waals surface area contributed by atoms with E-state index in [9.17, 15) is 4.39 Å². The summed E-state index contributed by atoms with van der Waals surface area (Å²) >= 11 is 0. The summed E-state index contributed by atoms with van der Waals surface area (Å²) in [7, 11) is 3.36. The molecule has 1 aliphatic rings. The number of methoxy groups -OCH3 is 1. The maximum Gasteiger partial charge on any atom is 0.191 e. The van der Waals surface area contributed by atoms with Gasteiger partial charge in [-0.3, -0.25) is 9.89 Å². The van der Waals surface area contributed by atoms with E-state index in [1.165, 1.54) is 24.5 Å². The van der Waals surface area contributed by atoms with Crippen molar-refractivity contribution < 1.29 is 9.13 Å². The van der Waals surface area contributed by atoms with Gasteiger partial charge < -0.3 is 15.4 Å². The average molecular weight is 410 g/mol. The SMILES string of the molecule is CN=C(NCc1ccc(C#N)cc1F)NCC(c1ccc(OC)cc1)N1CCCC1. The van der Waals surface area contributed by atoms with E-state index in [1.807, 2.05) is 18.2 Å². The van der Waals surface area contributed by atoms with E-state index in [0.29, 0.717) is 23.6 Å². The van der Waals surface area contributed by atoms with Crippen LogP contribution in [-0.4, -0.2) is 44.7 Å². The van der Waals surface area contributed by atoms with Crippen LogP contribution < -0.4 is 15.4 Å². The van der Waals surface area contributed by atoms with Crippen LogP contribution in [0, 0.1) is 17.1 Å². The average Bonchev–Trinajstić information content (AvgIpc) is 3.31. The van der Waals surface area contributed by atoms with E-state index < -0.39 is 5.82 Å². The summed E-state index contributed by atoms with van der Waals surface area (Å²) in [5.41, 5.74) is 2.02. The van der Waals surface area contributed by atoms with Gasteiger partial charge in [-0.05, 0) is 55.8 Å². The molecule has 1 aliphatic heterocycles. The Hall–Kier alpha value is -3.11. The van der Waals surface area contributed by atoms with Crippen LogP contribution in [0.5, 0.6) is 5.75 Å². The fraction of sp³-hybridized carbons (Fsp3) is 0.391. The van der Waals surface area contributed by atoms with Gasteiger partial charge in [-0.25, -0.2) is 4.39 Å². The zero-order valence-electron chi connectivity index (χ0n) is 17.5. The molecule has 0 radical (unpaired) electrons. The van der Waals surface area contributed by atoms with Gasteiger partial charge in [-0.1, -0.05) is 18.2 Å². The highest BCUT2D eigenvalue weighted by Gasteiger charge is 2.23. The van der Waals surface area contributed by atoms with Crippen LogP contribution in [0.25, 0.3) is 0 Å². The fourth-order valence-electron chi connectivity index (χ4n) is 3.69. The second-order valence-electron chi connectivity index (χ2n) is 7.26. The van der Waals surface area contributed by atoms with Crippen molar-refractivity contribution in [2.45, 2.75) is 25.4 Å². The number of guanidine groups is 1. The Morgan fingerprint density at radius 1 is 1.20 bits per heavy atom. The molecule has 1 fully saturated rings. The van der Waals surface area contributed by atoms with Crippen LogP contribution in [-0.2, 0) is 6.54 Å². The number of rotatable bonds is 7. The Bertz CT molecular complexity index is 901. The number of hydrogen-bond acceptors (Lipinski definition) is 4. The third kappa shape index (κ3) is 5.49. The minimum atomic E-state index is -0.398. The topological polar surface area (TPSA) is 72.7 Å². The lowest BCUT2D eigenvalue weighted by atomic mass is 10.1. The molecule has 0 bridgehead atoms. The molecule has 1 atom stereocenters. The number of nitrogens with zero attached hydrogens (tertiary/aromatic N) is 3. The maximum absolute atomic E-state index is 14.1. The molecular formula is C23H28FN5O. The second kappa shape index (κ2) is 10.6. The van der Waals surface area contributed by atoms with Gasteiger partial charge in [0, 0.05) is 25.7 Å². The predicted molar refractivity (Wildman–Crippen MR) is 116 cm³/mol. The minimum absolute atomic E-state index is 0.212. The largest absolute Gasteiger partial charge is 0.497 e. The molecule has 6 nitrogen and oxygen atoms in total. The molecule has 2 aromatic rings. The first-order valence-corrected chi connectivity index (χ1v) is 10.2. The van der Waals surface area contributed by atoms with E-state index in [2.05, 4.69) is 32.7 Å². The van der Waals surface area contributed by atoms with Crippen LogP contribution in [0.3, 0.4) is 0 Å². The quantitative estimate of drug-likeness (QED) is 0.543. The van der Waals surface area contributed by atoms with Crippen LogP contribution in [0.4, 0.5) is 4.39 Å². The van der Waals surface area contributed by atoms with Crippen LogP contribution in [0.1, 0.15) is 35.6 Å². The summed E-state index contributed by atoms with van der Waals surface area (Å²) in [4.78, 5) is 6.74. The van der Waals surface area contributed by atoms with E-state index in [1.54, 1.807) is 26.3 Å². The van der Waals surface area contributed by atoms with Gasteiger partial charge in [-0.2, -0.15) is 5.26 Å². The number of aliphatic imine (C=N–C) groups is 1. The fourth-order valence-corrected chi connectivity index (χ4v) is 3.69. The number of nitrogens with one attached hydrogen (secondary N) is 2. The summed E-state index contributed by atoms with van der Waals surface area (Å²) in [5.74, 6) is 1.05. The Kier molecular flexibility index (Phi) is 7.63. The lowest BCUT2D eigenvalue weighted by Gasteiger charge is -2.29. The van der Waals surface area contributed by atoms with E-state index in [0.717, 1.165) is 18.8 Å². The van der Waals surface area contributed by atoms with Crippen LogP contribution in [0.15, 0.2) is 47.5 Å². The molecule has 0 aromatic heterocycles. The molecule has 0 spiro atoms. The first-order valence-electron chi connectivity index (χ1n) is 10.2. The van der Waals surface area contributed by atoms with E-state index in [-0.39, 0.29) is 12.6 Å². The van der Waals surface area contributed by atoms with Gasteiger partial charge in [0.1, 0.15) is 11.6 Å². The summed E-state index contributed by atoms with van der Waals surface area (Å²) < 4.78 is 19.4. The summed E-state index contributed by atoms with van der Waals surface area (Å²) in [6.07, 6.45) is 2.41. The highest BCUT2D eigenvalue weighted by atomic mass is 19.1. The van der Waals surface area contributed by atoms with Crippen molar-refractivity contribution in [2.75, 3.05) is 33.8 Å². The van der Waals surface area contributed by atoms with Gasteiger partial charge in [0.05, 0.1) is 24.8 Å². The lowest BCUT2D eigenvalue weighted by molar-refractivity contribution is 0.245. The molecule has 7 heteroatoms. The van der Waals surface area contributed by atoms with Gasteiger partial charge in [-0.15, -0.1) is 0 Å². The van der Waals surface area contributed by atoms with Crippen LogP contribution >= 0.6 is 0 Å². The minimum Gasteiger partial charge on any atom is -0.497 e. The first kappa shape index (κ1) is 21.6. The van der Waals surface area contributed by atoms with Crippen molar-refractivity contribution >= 4 is 5.96 Å². The highest BCUT2D eigenvalue weighted by molar-refractivity contribution is 5.79.